The minimum atomic E-state index is -3.29. The average molecular weight is 215 g/mol. The van der Waals surface area contributed by atoms with E-state index in [1.807, 2.05) is 0 Å². The summed E-state index contributed by atoms with van der Waals surface area (Å²) in [5.74, 6) is 0.527. The normalized spacial score (nSPS) is 11.4. The molecule has 0 aliphatic rings. The lowest BCUT2D eigenvalue weighted by molar-refractivity contribution is 0.410. The van der Waals surface area contributed by atoms with E-state index < -0.39 is 9.84 Å². The third-order valence-corrected chi connectivity index (χ3v) is 3.08. The molecule has 0 spiro atoms. The first-order valence-electron chi connectivity index (χ1n) is 4.00. The van der Waals surface area contributed by atoms with Crippen molar-refractivity contribution in [2.24, 2.45) is 0 Å². The van der Waals surface area contributed by atoms with Crippen LogP contribution in [0.25, 0.3) is 0 Å². The zero-order valence-electron chi connectivity index (χ0n) is 8.37. The highest BCUT2D eigenvalue weighted by Gasteiger charge is 2.14. The SMILES string of the molecule is COc1cc(S(C)(=O)=O)c(N)cc1C. The summed E-state index contributed by atoms with van der Waals surface area (Å²) in [5.41, 5.74) is 6.67. The van der Waals surface area contributed by atoms with Crippen LogP contribution < -0.4 is 10.5 Å². The van der Waals surface area contributed by atoms with E-state index in [0.29, 0.717) is 5.75 Å². The topological polar surface area (TPSA) is 69.4 Å². The van der Waals surface area contributed by atoms with Crippen LogP contribution in [0.1, 0.15) is 5.56 Å². The molecule has 5 heteroatoms. The number of benzene rings is 1. The quantitative estimate of drug-likeness (QED) is 0.747. The Morgan fingerprint density at radius 1 is 1.36 bits per heavy atom. The Balaban J connectivity index is 3.47. The number of aryl methyl sites for hydroxylation is 1. The predicted octanol–water partition coefficient (Wildman–Crippen LogP) is 0.989. The summed E-state index contributed by atoms with van der Waals surface area (Å²) in [6, 6.07) is 3.04. The average Bonchev–Trinajstić information content (AvgIpc) is 2.02. The van der Waals surface area contributed by atoms with Gasteiger partial charge in [-0.25, -0.2) is 8.42 Å². The molecule has 0 aliphatic carbocycles. The van der Waals surface area contributed by atoms with Crippen LogP contribution in [0.4, 0.5) is 5.69 Å². The van der Waals surface area contributed by atoms with Gasteiger partial charge in [-0.2, -0.15) is 0 Å². The van der Waals surface area contributed by atoms with Crippen molar-refractivity contribution in [1.29, 1.82) is 0 Å². The molecule has 0 radical (unpaired) electrons. The molecule has 0 heterocycles. The summed E-state index contributed by atoms with van der Waals surface area (Å²) in [5, 5.41) is 0. The Morgan fingerprint density at radius 2 is 1.93 bits per heavy atom. The number of nitrogens with two attached hydrogens (primary N) is 1. The second-order valence-corrected chi connectivity index (χ2v) is 5.12. The summed E-state index contributed by atoms with van der Waals surface area (Å²) in [6.07, 6.45) is 1.12. The maximum Gasteiger partial charge on any atom is 0.177 e. The summed E-state index contributed by atoms with van der Waals surface area (Å²) in [4.78, 5) is 0.111. The van der Waals surface area contributed by atoms with Crippen LogP contribution in [0, 0.1) is 6.92 Å². The molecule has 0 unspecified atom stereocenters. The zero-order valence-corrected chi connectivity index (χ0v) is 9.18. The van der Waals surface area contributed by atoms with Gasteiger partial charge in [0.25, 0.3) is 0 Å². The Morgan fingerprint density at radius 3 is 2.36 bits per heavy atom. The van der Waals surface area contributed by atoms with Crippen LogP contribution in [-0.4, -0.2) is 21.8 Å². The minimum Gasteiger partial charge on any atom is -0.496 e. The molecule has 78 valence electrons. The van der Waals surface area contributed by atoms with Crippen molar-refractivity contribution in [2.45, 2.75) is 11.8 Å². The molecule has 0 saturated heterocycles. The molecule has 1 rings (SSSR count). The van der Waals surface area contributed by atoms with Crippen LogP contribution in [0.15, 0.2) is 17.0 Å². The van der Waals surface area contributed by atoms with Gasteiger partial charge in [0.05, 0.1) is 17.7 Å². The fraction of sp³-hybridized carbons (Fsp3) is 0.333. The fourth-order valence-corrected chi connectivity index (χ4v) is 2.04. The van der Waals surface area contributed by atoms with E-state index in [1.165, 1.54) is 13.2 Å². The van der Waals surface area contributed by atoms with E-state index in [-0.39, 0.29) is 10.6 Å². The molecule has 0 amide bonds. The van der Waals surface area contributed by atoms with Crippen molar-refractivity contribution < 1.29 is 13.2 Å². The molecule has 0 saturated carbocycles. The zero-order chi connectivity index (χ0) is 10.9. The molecular weight excluding hydrogens is 202 g/mol. The molecule has 14 heavy (non-hydrogen) atoms. The number of ether oxygens (including phenoxy) is 1. The highest BCUT2D eigenvalue weighted by molar-refractivity contribution is 7.90. The standard InChI is InChI=1S/C9H13NO3S/c1-6-4-7(10)9(14(3,11)12)5-8(6)13-2/h4-5H,10H2,1-3H3. The molecule has 0 atom stereocenters. The van der Waals surface area contributed by atoms with Gasteiger partial charge < -0.3 is 10.5 Å². The Bertz CT molecular complexity index is 451. The second kappa shape index (κ2) is 3.49. The second-order valence-electron chi connectivity index (χ2n) is 3.13. The van der Waals surface area contributed by atoms with Crippen molar-refractivity contribution in [1.82, 2.24) is 0 Å². The molecule has 0 bridgehead atoms. The van der Waals surface area contributed by atoms with Crippen LogP contribution in [-0.2, 0) is 9.84 Å². The van der Waals surface area contributed by atoms with Crippen LogP contribution in [0.2, 0.25) is 0 Å². The van der Waals surface area contributed by atoms with Crippen molar-refractivity contribution >= 4 is 15.5 Å². The first-order chi connectivity index (χ1) is 6.36. The number of hydrogen-bond acceptors (Lipinski definition) is 4. The van der Waals surface area contributed by atoms with Gasteiger partial charge in [-0.1, -0.05) is 0 Å². The highest BCUT2D eigenvalue weighted by atomic mass is 32.2. The molecule has 2 N–H and O–H groups in total. The molecule has 4 nitrogen and oxygen atoms in total. The number of nitrogen functional groups attached to an aromatic ring is 1. The number of anilines is 1. The van der Waals surface area contributed by atoms with E-state index in [4.69, 9.17) is 10.5 Å². The summed E-state index contributed by atoms with van der Waals surface area (Å²) in [7, 11) is -1.80. The van der Waals surface area contributed by atoms with Gasteiger partial charge in [0.1, 0.15) is 5.75 Å². The smallest absolute Gasteiger partial charge is 0.177 e. The third-order valence-electron chi connectivity index (χ3n) is 1.93. The van der Waals surface area contributed by atoms with E-state index in [9.17, 15) is 8.42 Å². The number of sulfone groups is 1. The Labute approximate surface area is 83.6 Å². The maximum absolute atomic E-state index is 11.3. The Kier molecular flexibility index (Phi) is 2.71. The van der Waals surface area contributed by atoms with Crippen LogP contribution in [0.5, 0.6) is 5.75 Å². The molecule has 1 aromatic rings. The maximum atomic E-state index is 11.3. The highest BCUT2D eigenvalue weighted by Crippen LogP contribution is 2.27. The molecule has 0 aliphatic heterocycles. The summed E-state index contributed by atoms with van der Waals surface area (Å²) < 4.78 is 27.6. The lowest BCUT2D eigenvalue weighted by atomic mass is 10.2. The Hall–Kier alpha value is -1.23. The van der Waals surface area contributed by atoms with Gasteiger partial charge in [0, 0.05) is 12.3 Å². The van der Waals surface area contributed by atoms with Crippen molar-refractivity contribution in [2.75, 3.05) is 19.1 Å². The molecule has 0 fully saturated rings. The largest absolute Gasteiger partial charge is 0.496 e. The van der Waals surface area contributed by atoms with E-state index in [0.717, 1.165) is 11.8 Å². The lowest BCUT2D eigenvalue weighted by Gasteiger charge is -2.09. The van der Waals surface area contributed by atoms with Gasteiger partial charge >= 0.3 is 0 Å². The van der Waals surface area contributed by atoms with Gasteiger partial charge in [-0.3, -0.25) is 0 Å². The van der Waals surface area contributed by atoms with Gasteiger partial charge in [0.15, 0.2) is 9.84 Å². The van der Waals surface area contributed by atoms with Gasteiger partial charge in [-0.15, -0.1) is 0 Å². The molecular formula is C9H13NO3S. The summed E-state index contributed by atoms with van der Waals surface area (Å²) >= 11 is 0. The monoisotopic (exact) mass is 215 g/mol. The number of rotatable bonds is 2. The van der Waals surface area contributed by atoms with Crippen molar-refractivity contribution in [3.05, 3.63) is 17.7 Å². The lowest BCUT2D eigenvalue weighted by Crippen LogP contribution is -2.03. The van der Waals surface area contributed by atoms with Gasteiger partial charge in [0.2, 0.25) is 0 Å². The fourth-order valence-electron chi connectivity index (χ4n) is 1.23. The number of methoxy groups -OCH3 is 1. The van der Waals surface area contributed by atoms with Crippen LogP contribution >= 0.6 is 0 Å². The predicted molar refractivity (Wildman–Crippen MR) is 55.3 cm³/mol. The summed E-state index contributed by atoms with van der Waals surface area (Å²) in [6.45, 7) is 1.81. The van der Waals surface area contributed by atoms with Gasteiger partial charge in [-0.05, 0) is 18.6 Å². The van der Waals surface area contributed by atoms with Crippen LogP contribution in [0.3, 0.4) is 0 Å². The third kappa shape index (κ3) is 1.98. The van der Waals surface area contributed by atoms with E-state index >= 15 is 0 Å². The first-order valence-corrected chi connectivity index (χ1v) is 5.89. The van der Waals surface area contributed by atoms with Crippen molar-refractivity contribution in [3.63, 3.8) is 0 Å². The van der Waals surface area contributed by atoms with E-state index in [1.54, 1.807) is 13.0 Å². The minimum absolute atomic E-state index is 0.111. The molecule has 1 aromatic carbocycles. The first kappa shape index (κ1) is 10.8. The number of hydrogen-bond donors (Lipinski definition) is 1. The van der Waals surface area contributed by atoms with Crippen molar-refractivity contribution in [3.8, 4) is 5.75 Å². The molecule has 0 aromatic heterocycles. The van der Waals surface area contributed by atoms with E-state index in [2.05, 4.69) is 0 Å².